The fourth-order valence-corrected chi connectivity index (χ4v) is 3.76. The zero-order chi connectivity index (χ0) is 24.4. The van der Waals surface area contributed by atoms with Gasteiger partial charge < -0.3 is 9.47 Å². The van der Waals surface area contributed by atoms with E-state index >= 15 is 0 Å². The summed E-state index contributed by atoms with van der Waals surface area (Å²) < 4.78 is 11.9. The van der Waals surface area contributed by atoms with Gasteiger partial charge in [-0.25, -0.2) is 0 Å². The van der Waals surface area contributed by atoms with Crippen molar-refractivity contribution in [2.24, 2.45) is 5.92 Å². The molecule has 2 aromatic carbocycles. The summed E-state index contributed by atoms with van der Waals surface area (Å²) in [5.74, 6) is 5.06. The van der Waals surface area contributed by atoms with Gasteiger partial charge in [0, 0.05) is 17.0 Å². The second-order valence-corrected chi connectivity index (χ2v) is 8.90. The Kier molecular flexibility index (Phi) is 7.07. The monoisotopic (exact) mass is 446 g/mol. The summed E-state index contributed by atoms with van der Waals surface area (Å²) in [6.45, 7) is 13.0. The van der Waals surface area contributed by atoms with Crippen molar-refractivity contribution in [3.63, 3.8) is 0 Å². The second-order valence-electron chi connectivity index (χ2n) is 8.90. The number of hydrogen-bond donors (Lipinski definition) is 0. The maximum absolute atomic E-state index is 13.8. The Morgan fingerprint density at radius 2 is 1.61 bits per heavy atom. The lowest BCUT2D eigenvalue weighted by Crippen LogP contribution is -2.26. The SMILES string of the molecule is CC[C@H](C)C#CC(=O)c1c(C)cc2c(c1OC(C)C)C(=O)c1c(OC(C)C)cccc1C2=O. The Bertz CT molecular complexity index is 1190. The molecule has 0 heterocycles. The van der Waals surface area contributed by atoms with Gasteiger partial charge in [-0.2, -0.15) is 0 Å². The Balaban J connectivity index is 2.30. The highest BCUT2D eigenvalue weighted by atomic mass is 16.5. The van der Waals surface area contributed by atoms with Crippen LogP contribution in [0.25, 0.3) is 0 Å². The maximum atomic E-state index is 13.8. The molecule has 1 atom stereocenters. The molecule has 0 aliphatic heterocycles. The van der Waals surface area contributed by atoms with E-state index in [2.05, 4.69) is 11.8 Å². The average molecular weight is 447 g/mol. The van der Waals surface area contributed by atoms with Crippen LogP contribution < -0.4 is 9.47 Å². The number of Topliss-reactive ketones (excluding diaryl/α,β-unsaturated/α-hetero) is 1. The van der Waals surface area contributed by atoms with Crippen LogP contribution in [0.2, 0.25) is 0 Å². The van der Waals surface area contributed by atoms with Gasteiger partial charge in [0.1, 0.15) is 11.5 Å². The minimum Gasteiger partial charge on any atom is -0.490 e. The van der Waals surface area contributed by atoms with Gasteiger partial charge in [0.05, 0.1) is 28.9 Å². The Labute approximate surface area is 195 Å². The van der Waals surface area contributed by atoms with Gasteiger partial charge in [-0.15, -0.1) is 0 Å². The van der Waals surface area contributed by atoms with Gasteiger partial charge >= 0.3 is 0 Å². The quantitative estimate of drug-likeness (QED) is 0.281. The van der Waals surface area contributed by atoms with Crippen LogP contribution in [0.1, 0.15) is 95.7 Å². The molecule has 172 valence electrons. The third kappa shape index (κ3) is 4.71. The first kappa shape index (κ1) is 24.3. The predicted molar refractivity (Wildman–Crippen MR) is 128 cm³/mol. The van der Waals surface area contributed by atoms with Gasteiger partial charge in [-0.1, -0.05) is 31.9 Å². The molecule has 1 aliphatic carbocycles. The van der Waals surface area contributed by atoms with Crippen LogP contribution in [0, 0.1) is 24.7 Å². The van der Waals surface area contributed by atoms with E-state index in [1.807, 2.05) is 41.5 Å². The van der Waals surface area contributed by atoms with E-state index < -0.39 is 11.6 Å². The van der Waals surface area contributed by atoms with Crippen LogP contribution in [0.3, 0.4) is 0 Å². The average Bonchev–Trinajstić information content (AvgIpc) is 2.74. The van der Waals surface area contributed by atoms with E-state index in [1.54, 1.807) is 31.2 Å². The number of carbonyl (C=O) groups is 3. The molecule has 0 fully saturated rings. The minimum absolute atomic E-state index is 0.0622. The van der Waals surface area contributed by atoms with Crippen LogP contribution in [0.5, 0.6) is 11.5 Å². The smallest absolute Gasteiger partial charge is 0.239 e. The highest BCUT2D eigenvalue weighted by Crippen LogP contribution is 2.41. The number of carbonyl (C=O) groups excluding carboxylic acids is 3. The van der Waals surface area contributed by atoms with Gasteiger partial charge in [0.15, 0.2) is 5.78 Å². The molecule has 0 amide bonds. The Morgan fingerprint density at radius 3 is 2.21 bits per heavy atom. The molecule has 3 rings (SSSR count). The summed E-state index contributed by atoms with van der Waals surface area (Å²) >= 11 is 0. The highest BCUT2D eigenvalue weighted by Gasteiger charge is 2.38. The molecule has 5 heteroatoms. The topological polar surface area (TPSA) is 69.7 Å². The fraction of sp³-hybridized carbons (Fsp3) is 0.393. The van der Waals surface area contributed by atoms with Gasteiger partial charge in [0.25, 0.3) is 0 Å². The van der Waals surface area contributed by atoms with Gasteiger partial charge in [-0.05, 0) is 64.7 Å². The van der Waals surface area contributed by atoms with E-state index in [0.717, 1.165) is 6.42 Å². The molecule has 0 saturated heterocycles. The van der Waals surface area contributed by atoms with E-state index in [9.17, 15) is 14.4 Å². The van der Waals surface area contributed by atoms with Crippen molar-refractivity contribution in [2.45, 2.75) is 67.1 Å². The molecule has 5 nitrogen and oxygen atoms in total. The van der Waals surface area contributed by atoms with Crippen molar-refractivity contribution >= 4 is 17.3 Å². The molecule has 0 radical (unpaired) electrons. The first-order valence-electron chi connectivity index (χ1n) is 11.4. The number of ether oxygens (including phenoxy) is 2. The zero-order valence-electron chi connectivity index (χ0n) is 20.3. The fourth-order valence-electron chi connectivity index (χ4n) is 3.76. The number of ketones is 3. The third-order valence-corrected chi connectivity index (χ3v) is 5.44. The summed E-state index contributed by atoms with van der Waals surface area (Å²) in [6, 6.07) is 6.60. The van der Waals surface area contributed by atoms with Gasteiger partial charge in [0.2, 0.25) is 11.6 Å². The summed E-state index contributed by atoms with van der Waals surface area (Å²) in [7, 11) is 0. The molecular formula is C28H30O5. The molecule has 0 bridgehead atoms. The van der Waals surface area contributed by atoms with E-state index in [0.29, 0.717) is 11.3 Å². The van der Waals surface area contributed by atoms with E-state index in [4.69, 9.17) is 9.47 Å². The minimum atomic E-state index is -0.427. The third-order valence-electron chi connectivity index (χ3n) is 5.44. The molecule has 0 saturated carbocycles. The normalized spacial score (nSPS) is 13.2. The maximum Gasteiger partial charge on any atom is 0.239 e. The number of aryl methyl sites for hydroxylation is 1. The van der Waals surface area contributed by atoms with Crippen molar-refractivity contribution < 1.29 is 23.9 Å². The van der Waals surface area contributed by atoms with Crippen LogP contribution in [0.15, 0.2) is 24.3 Å². The lowest BCUT2D eigenvalue weighted by molar-refractivity contribution is 0.0966. The molecule has 0 spiro atoms. The largest absolute Gasteiger partial charge is 0.490 e. The number of benzene rings is 2. The van der Waals surface area contributed by atoms with Crippen LogP contribution in [0.4, 0.5) is 0 Å². The van der Waals surface area contributed by atoms with Crippen molar-refractivity contribution in [2.75, 3.05) is 0 Å². The van der Waals surface area contributed by atoms with Crippen molar-refractivity contribution in [3.8, 4) is 23.3 Å². The Hall–Kier alpha value is -3.39. The lowest BCUT2D eigenvalue weighted by atomic mass is 9.80. The van der Waals surface area contributed by atoms with Crippen molar-refractivity contribution in [1.82, 2.24) is 0 Å². The summed E-state index contributed by atoms with van der Waals surface area (Å²) in [4.78, 5) is 40.4. The van der Waals surface area contributed by atoms with Crippen LogP contribution in [-0.2, 0) is 0 Å². The van der Waals surface area contributed by atoms with Gasteiger partial charge in [-0.3, -0.25) is 14.4 Å². The first-order valence-corrected chi connectivity index (χ1v) is 11.4. The van der Waals surface area contributed by atoms with Crippen molar-refractivity contribution in [3.05, 3.63) is 57.6 Å². The standard InChI is InChI=1S/C28H30O5/c1-8-17(6)12-13-21(29)23-18(7)14-20-25(28(23)33-16(4)5)27(31)24-19(26(20)30)10-9-11-22(24)32-15(2)3/h9-11,14-17H,8H2,1-7H3/t17-/m0/s1. The van der Waals surface area contributed by atoms with E-state index in [-0.39, 0.29) is 57.5 Å². The molecular weight excluding hydrogens is 416 g/mol. The summed E-state index contributed by atoms with van der Waals surface area (Å²) in [5.41, 5.74) is 1.59. The molecule has 1 aliphatic rings. The lowest BCUT2D eigenvalue weighted by Gasteiger charge is -2.26. The van der Waals surface area contributed by atoms with Crippen LogP contribution in [-0.4, -0.2) is 29.6 Å². The first-order chi connectivity index (χ1) is 15.6. The number of hydrogen-bond acceptors (Lipinski definition) is 5. The second kappa shape index (κ2) is 9.62. The number of rotatable bonds is 6. The predicted octanol–water partition coefficient (Wildman–Crippen LogP) is 5.58. The molecule has 0 unspecified atom stereocenters. The van der Waals surface area contributed by atoms with Crippen LogP contribution >= 0.6 is 0 Å². The molecule has 2 aromatic rings. The molecule has 0 N–H and O–H groups in total. The van der Waals surface area contributed by atoms with Crippen molar-refractivity contribution in [1.29, 1.82) is 0 Å². The highest BCUT2D eigenvalue weighted by molar-refractivity contribution is 6.31. The molecule has 0 aromatic heterocycles. The summed E-state index contributed by atoms with van der Waals surface area (Å²) in [6.07, 6.45) is 0.316. The Morgan fingerprint density at radius 1 is 0.939 bits per heavy atom. The van der Waals surface area contributed by atoms with E-state index in [1.165, 1.54) is 0 Å². The summed E-state index contributed by atoms with van der Waals surface area (Å²) in [5, 5.41) is 0. The molecule has 33 heavy (non-hydrogen) atoms. The zero-order valence-corrected chi connectivity index (χ0v) is 20.3. The number of fused-ring (bicyclic) bond motifs is 2.